The molecule has 3 aromatic rings. The first-order chi connectivity index (χ1) is 11.2. The molecule has 4 nitrogen and oxygen atoms in total. The molecule has 2 aliphatic heterocycles. The molecule has 1 aromatic heterocycles. The predicted molar refractivity (Wildman–Crippen MR) is 86.3 cm³/mol. The number of amides is 1. The van der Waals surface area contributed by atoms with Gasteiger partial charge in [-0.2, -0.15) is 0 Å². The van der Waals surface area contributed by atoms with Gasteiger partial charge >= 0.3 is 0 Å². The van der Waals surface area contributed by atoms with E-state index in [1.165, 1.54) is 5.56 Å². The molecule has 0 saturated heterocycles. The number of carbonyl (C=O) groups excluding carboxylic acids is 1. The van der Waals surface area contributed by atoms with Gasteiger partial charge in [-0.25, -0.2) is 4.98 Å². The predicted octanol–water partition coefficient (Wildman–Crippen LogP) is 2.97. The van der Waals surface area contributed by atoms with Crippen molar-refractivity contribution in [1.82, 2.24) is 4.98 Å². The molecule has 1 amide bonds. The van der Waals surface area contributed by atoms with E-state index in [2.05, 4.69) is 17.1 Å². The lowest BCUT2D eigenvalue weighted by Gasteiger charge is -2.27. The van der Waals surface area contributed by atoms with Crippen molar-refractivity contribution in [2.24, 2.45) is 5.73 Å². The summed E-state index contributed by atoms with van der Waals surface area (Å²) in [5.41, 5.74) is 9.58. The van der Waals surface area contributed by atoms with E-state index in [0.29, 0.717) is 5.56 Å². The van der Waals surface area contributed by atoms with Crippen LogP contribution in [0.5, 0.6) is 0 Å². The van der Waals surface area contributed by atoms with Gasteiger partial charge in [-0.1, -0.05) is 30.3 Å². The molecule has 2 aliphatic rings. The third-order valence-corrected chi connectivity index (χ3v) is 5.52. The lowest BCUT2D eigenvalue weighted by Crippen LogP contribution is -2.27. The Morgan fingerprint density at radius 3 is 2.78 bits per heavy atom. The van der Waals surface area contributed by atoms with Gasteiger partial charge in [0, 0.05) is 28.3 Å². The van der Waals surface area contributed by atoms with E-state index in [4.69, 9.17) is 10.5 Å². The molecule has 2 aromatic carbocycles. The summed E-state index contributed by atoms with van der Waals surface area (Å²) in [7, 11) is 0. The van der Waals surface area contributed by atoms with Crippen molar-refractivity contribution < 1.29 is 9.53 Å². The van der Waals surface area contributed by atoms with E-state index in [9.17, 15) is 4.79 Å². The maximum Gasteiger partial charge on any atom is 0.248 e. The standard InChI is InChI=1S/C18H12N2O2S/c19-16(21)10-5-6-12-14(9-10)18(17-20-7-8-23-17)13-4-2-1-3-11(13)15(12)22-18/h1-9,15H,(H2,19,21). The van der Waals surface area contributed by atoms with E-state index < -0.39 is 11.5 Å². The summed E-state index contributed by atoms with van der Waals surface area (Å²) in [5.74, 6) is -0.432. The zero-order chi connectivity index (χ0) is 15.6. The average molecular weight is 320 g/mol. The number of hydrogen-bond acceptors (Lipinski definition) is 4. The molecule has 0 spiro atoms. The second kappa shape index (κ2) is 4.28. The van der Waals surface area contributed by atoms with E-state index in [0.717, 1.165) is 21.7 Å². The van der Waals surface area contributed by atoms with Crippen LogP contribution in [0.25, 0.3) is 0 Å². The largest absolute Gasteiger partial charge is 0.366 e. The van der Waals surface area contributed by atoms with Crippen LogP contribution >= 0.6 is 11.3 Å². The van der Waals surface area contributed by atoms with Crippen LogP contribution in [0, 0.1) is 0 Å². The van der Waals surface area contributed by atoms with Crippen LogP contribution in [0.1, 0.15) is 43.7 Å². The summed E-state index contributed by atoms with van der Waals surface area (Å²) >= 11 is 1.56. The monoisotopic (exact) mass is 320 g/mol. The normalized spacial score (nSPS) is 23.6. The van der Waals surface area contributed by atoms with Crippen LogP contribution in [-0.4, -0.2) is 10.9 Å². The van der Waals surface area contributed by atoms with Gasteiger partial charge in [0.25, 0.3) is 0 Å². The summed E-state index contributed by atoms with van der Waals surface area (Å²) < 4.78 is 6.48. The number of nitrogens with two attached hydrogens (primary N) is 1. The van der Waals surface area contributed by atoms with Gasteiger partial charge in [-0.3, -0.25) is 4.79 Å². The molecule has 2 bridgehead atoms. The fraction of sp³-hybridized carbons (Fsp3) is 0.111. The zero-order valence-electron chi connectivity index (χ0n) is 12.0. The minimum Gasteiger partial charge on any atom is -0.366 e. The van der Waals surface area contributed by atoms with Crippen LogP contribution in [0.3, 0.4) is 0 Å². The van der Waals surface area contributed by atoms with Crippen molar-refractivity contribution >= 4 is 17.2 Å². The number of primary amides is 1. The van der Waals surface area contributed by atoms with Gasteiger partial charge in [0.15, 0.2) is 5.60 Å². The maximum absolute atomic E-state index is 11.6. The Morgan fingerprint density at radius 1 is 1.17 bits per heavy atom. The first-order valence-corrected chi connectivity index (χ1v) is 8.21. The second-order valence-corrected chi connectivity index (χ2v) is 6.66. The Labute approximate surface area is 136 Å². The molecule has 0 saturated carbocycles. The molecule has 2 N–H and O–H groups in total. The topological polar surface area (TPSA) is 65.2 Å². The molecule has 3 heterocycles. The molecule has 2 atom stereocenters. The van der Waals surface area contributed by atoms with Crippen LogP contribution in [0.4, 0.5) is 0 Å². The molecule has 112 valence electrons. The SMILES string of the molecule is NC(=O)c1ccc2c(c1)C1(c3nccs3)OC2c2ccccc21. The van der Waals surface area contributed by atoms with Crippen molar-refractivity contribution in [2.45, 2.75) is 11.7 Å². The number of fused-ring (bicyclic) bond motifs is 8. The molecular weight excluding hydrogens is 308 g/mol. The molecule has 5 heteroatoms. The molecule has 5 rings (SSSR count). The van der Waals surface area contributed by atoms with Gasteiger partial charge in [-0.15, -0.1) is 11.3 Å². The maximum atomic E-state index is 11.6. The Morgan fingerprint density at radius 2 is 2.00 bits per heavy atom. The number of thiazole rings is 1. The lowest BCUT2D eigenvalue weighted by molar-refractivity contribution is 0.0246. The Hall–Kier alpha value is -2.50. The Kier molecular flexibility index (Phi) is 2.42. The molecule has 2 unspecified atom stereocenters. The highest BCUT2D eigenvalue weighted by atomic mass is 32.1. The number of nitrogens with zero attached hydrogens (tertiary/aromatic N) is 1. The third kappa shape index (κ3) is 1.48. The average Bonchev–Trinajstić information content (AvgIpc) is 3.28. The third-order valence-electron chi connectivity index (χ3n) is 4.65. The van der Waals surface area contributed by atoms with Crippen molar-refractivity contribution in [2.75, 3.05) is 0 Å². The summed E-state index contributed by atoms with van der Waals surface area (Å²) in [6.45, 7) is 0. The highest BCUT2D eigenvalue weighted by molar-refractivity contribution is 7.09. The smallest absolute Gasteiger partial charge is 0.248 e. The number of hydrogen-bond donors (Lipinski definition) is 1. The minimum atomic E-state index is -0.726. The first-order valence-electron chi connectivity index (χ1n) is 7.33. The van der Waals surface area contributed by atoms with Crippen molar-refractivity contribution in [3.05, 3.63) is 86.9 Å². The van der Waals surface area contributed by atoms with Crippen LogP contribution in [0.2, 0.25) is 0 Å². The van der Waals surface area contributed by atoms with Gasteiger partial charge in [0.05, 0.1) is 0 Å². The van der Waals surface area contributed by atoms with Gasteiger partial charge in [-0.05, 0) is 23.3 Å². The summed E-state index contributed by atoms with van der Waals surface area (Å²) in [4.78, 5) is 16.1. The van der Waals surface area contributed by atoms with Crippen molar-refractivity contribution in [3.8, 4) is 0 Å². The number of aromatic nitrogens is 1. The number of ether oxygens (including phenoxy) is 1. The summed E-state index contributed by atoms with van der Waals surface area (Å²) in [5, 5.41) is 2.83. The number of carbonyl (C=O) groups is 1. The molecule has 0 radical (unpaired) electrons. The van der Waals surface area contributed by atoms with E-state index >= 15 is 0 Å². The van der Waals surface area contributed by atoms with Crippen molar-refractivity contribution in [1.29, 1.82) is 0 Å². The highest BCUT2D eigenvalue weighted by Gasteiger charge is 2.56. The van der Waals surface area contributed by atoms with Crippen molar-refractivity contribution in [3.63, 3.8) is 0 Å². The summed E-state index contributed by atoms with van der Waals surface area (Å²) in [6.07, 6.45) is 1.66. The van der Waals surface area contributed by atoms with E-state index in [1.54, 1.807) is 23.6 Å². The van der Waals surface area contributed by atoms with E-state index in [-0.39, 0.29) is 6.10 Å². The zero-order valence-corrected chi connectivity index (χ0v) is 12.8. The number of benzene rings is 2. The molecule has 0 aliphatic carbocycles. The van der Waals surface area contributed by atoms with Crippen LogP contribution in [0.15, 0.2) is 54.0 Å². The fourth-order valence-corrected chi connectivity index (χ4v) is 4.52. The van der Waals surface area contributed by atoms with E-state index in [1.807, 2.05) is 29.6 Å². The molecule has 23 heavy (non-hydrogen) atoms. The minimum absolute atomic E-state index is 0.118. The second-order valence-electron chi connectivity index (χ2n) is 5.77. The first kappa shape index (κ1) is 13.0. The quantitative estimate of drug-likeness (QED) is 0.789. The number of rotatable bonds is 2. The fourth-order valence-electron chi connectivity index (χ4n) is 3.71. The molecular formula is C18H12N2O2S. The summed E-state index contributed by atoms with van der Waals surface area (Å²) in [6, 6.07) is 13.8. The van der Waals surface area contributed by atoms with Gasteiger partial charge in [0.1, 0.15) is 11.1 Å². The lowest BCUT2D eigenvalue weighted by atomic mass is 9.77. The van der Waals surface area contributed by atoms with Crippen LogP contribution < -0.4 is 5.73 Å². The Bertz CT molecular complexity index is 951. The highest BCUT2D eigenvalue weighted by Crippen LogP contribution is 2.60. The van der Waals surface area contributed by atoms with Gasteiger partial charge < -0.3 is 10.5 Å². The Balaban J connectivity index is 1.87. The molecule has 0 fully saturated rings. The van der Waals surface area contributed by atoms with Gasteiger partial charge in [0.2, 0.25) is 5.91 Å². The van der Waals surface area contributed by atoms with Crippen LogP contribution in [-0.2, 0) is 10.3 Å².